The van der Waals surface area contributed by atoms with Gasteiger partial charge in [-0.15, -0.1) is 0 Å². The van der Waals surface area contributed by atoms with Gasteiger partial charge in [0.1, 0.15) is 6.29 Å². The number of hydrogen-bond donors (Lipinski definition) is 2. The number of aliphatic hydroxyl groups is 2. The predicted octanol–water partition coefficient (Wildman–Crippen LogP) is 7.50. The summed E-state index contributed by atoms with van der Waals surface area (Å²) in [7, 11) is 0. The summed E-state index contributed by atoms with van der Waals surface area (Å²) in [4.78, 5) is 11.5. The first-order chi connectivity index (χ1) is 15.5. The molecule has 1 unspecified atom stereocenters. The number of carbonyl (C=O) groups is 1. The Morgan fingerprint density at radius 2 is 1.82 bits per heavy atom. The lowest BCUT2D eigenvalue weighted by Gasteiger charge is -2.48. The van der Waals surface area contributed by atoms with Crippen molar-refractivity contribution in [2.24, 2.45) is 17.3 Å². The van der Waals surface area contributed by atoms with Gasteiger partial charge in [0.25, 0.3) is 0 Å². The van der Waals surface area contributed by atoms with Gasteiger partial charge in [0, 0.05) is 6.61 Å². The summed E-state index contributed by atoms with van der Waals surface area (Å²) in [6.07, 6.45) is 15.7. The molecule has 1 fully saturated rings. The Bertz CT molecular complexity index is 736. The van der Waals surface area contributed by atoms with Crippen LogP contribution < -0.4 is 0 Å². The predicted molar refractivity (Wildman–Crippen MR) is 141 cm³/mol. The summed E-state index contributed by atoms with van der Waals surface area (Å²) in [6, 6.07) is 0. The maximum absolute atomic E-state index is 11.5. The molecular formula is C30H50O3. The van der Waals surface area contributed by atoms with Gasteiger partial charge in [-0.2, -0.15) is 0 Å². The van der Waals surface area contributed by atoms with Crippen LogP contribution in [0.25, 0.3) is 0 Å². The average molecular weight is 459 g/mol. The molecule has 0 saturated heterocycles. The molecule has 1 rings (SSSR count). The molecule has 0 amide bonds. The first-order valence-corrected chi connectivity index (χ1v) is 12.9. The first-order valence-electron chi connectivity index (χ1n) is 12.9. The standard InChI is InChI=1S/C30H50O3/c1-22(2)11-8-12-23(3)19-27(33)20-24(4)13-9-17-30(7)26(6)15-16-28(25(5)21-32)29(30)14-10-18-31/h11,13,19,21,26-27,29,31,33H,8-10,12,14-18,20H2,1-7H3/b23-19+,24-13+,28-25+/t26-,27?,29-,30-/m1/s1. The van der Waals surface area contributed by atoms with Gasteiger partial charge in [-0.3, -0.25) is 4.79 Å². The third-order valence-corrected chi connectivity index (χ3v) is 7.80. The molecule has 3 nitrogen and oxygen atoms in total. The molecule has 2 N–H and O–H groups in total. The van der Waals surface area contributed by atoms with Crippen molar-refractivity contribution in [2.75, 3.05) is 6.61 Å². The highest BCUT2D eigenvalue weighted by atomic mass is 16.3. The van der Waals surface area contributed by atoms with Gasteiger partial charge in [0.2, 0.25) is 0 Å². The van der Waals surface area contributed by atoms with Gasteiger partial charge >= 0.3 is 0 Å². The molecule has 0 spiro atoms. The van der Waals surface area contributed by atoms with Crippen molar-refractivity contribution < 1.29 is 15.0 Å². The van der Waals surface area contributed by atoms with E-state index in [1.54, 1.807) is 0 Å². The zero-order valence-electron chi connectivity index (χ0n) is 22.4. The number of aliphatic hydroxyl groups excluding tert-OH is 2. The van der Waals surface area contributed by atoms with Gasteiger partial charge in [0.05, 0.1) is 6.10 Å². The van der Waals surface area contributed by atoms with Crippen molar-refractivity contribution in [1.29, 1.82) is 0 Å². The molecule has 0 heterocycles. The Kier molecular flexibility index (Phi) is 13.2. The second-order valence-electron chi connectivity index (χ2n) is 10.9. The lowest BCUT2D eigenvalue weighted by atomic mass is 9.56. The average Bonchev–Trinajstić information content (AvgIpc) is 2.73. The van der Waals surface area contributed by atoms with Crippen molar-refractivity contribution in [3.05, 3.63) is 46.1 Å². The van der Waals surface area contributed by atoms with E-state index >= 15 is 0 Å². The molecule has 3 heteroatoms. The number of aldehydes is 1. The highest BCUT2D eigenvalue weighted by Crippen LogP contribution is 2.53. The van der Waals surface area contributed by atoms with Crippen LogP contribution in [0.4, 0.5) is 0 Å². The third-order valence-electron chi connectivity index (χ3n) is 7.80. The number of rotatable bonds is 13. The Morgan fingerprint density at radius 3 is 2.42 bits per heavy atom. The molecule has 0 aromatic rings. The lowest BCUT2D eigenvalue weighted by Crippen LogP contribution is -2.39. The third kappa shape index (κ3) is 9.74. The van der Waals surface area contributed by atoms with Gasteiger partial charge in [-0.25, -0.2) is 0 Å². The van der Waals surface area contributed by atoms with Crippen molar-refractivity contribution in [1.82, 2.24) is 0 Å². The van der Waals surface area contributed by atoms with Gasteiger partial charge < -0.3 is 10.2 Å². The Hall–Kier alpha value is -1.45. The van der Waals surface area contributed by atoms with Crippen molar-refractivity contribution in [2.45, 2.75) is 112 Å². The van der Waals surface area contributed by atoms with Crippen LogP contribution in [0, 0.1) is 17.3 Å². The van der Waals surface area contributed by atoms with E-state index in [-0.39, 0.29) is 12.0 Å². The zero-order valence-corrected chi connectivity index (χ0v) is 22.4. The van der Waals surface area contributed by atoms with Crippen LogP contribution in [-0.2, 0) is 4.79 Å². The molecule has 0 aliphatic heterocycles. The highest BCUT2D eigenvalue weighted by Gasteiger charge is 2.43. The number of carbonyl (C=O) groups excluding carboxylic acids is 1. The minimum Gasteiger partial charge on any atom is -0.396 e. The van der Waals surface area contributed by atoms with Crippen molar-refractivity contribution in [3.8, 4) is 0 Å². The Labute approximate surface area is 203 Å². The van der Waals surface area contributed by atoms with Gasteiger partial charge in [-0.1, -0.05) is 54.4 Å². The molecule has 0 aromatic heterocycles. The van der Waals surface area contributed by atoms with Gasteiger partial charge in [-0.05, 0) is 115 Å². The smallest absolute Gasteiger partial charge is 0.145 e. The van der Waals surface area contributed by atoms with Crippen molar-refractivity contribution in [3.63, 3.8) is 0 Å². The van der Waals surface area contributed by atoms with Crippen LogP contribution in [0.15, 0.2) is 46.1 Å². The minimum absolute atomic E-state index is 0.115. The largest absolute Gasteiger partial charge is 0.396 e. The molecule has 1 aliphatic carbocycles. The first kappa shape index (κ1) is 29.6. The number of hydrogen-bond acceptors (Lipinski definition) is 3. The summed E-state index contributed by atoms with van der Waals surface area (Å²) in [5.41, 5.74) is 6.12. The molecule has 1 aliphatic rings. The van der Waals surface area contributed by atoms with Crippen LogP contribution in [-0.4, -0.2) is 29.2 Å². The van der Waals surface area contributed by atoms with E-state index in [0.717, 1.165) is 63.2 Å². The molecular weight excluding hydrogens is 408 g/mol. The fourth-order valence-electron chi connectivity index (χ4n) is 5.49. The summed E-state index contributed by atoms with van der Waals surface area (Å²) >= 11 is 0. The SMILES string of the molecule is CC(C)=CCC/C(C)=C/C(O)C/C(C)=C/CC[C@]1(C)[C@H](C)CC/C(=C(/C)C=O)[C@H]1CCCO. The highest BCUT2D eigenvalue weighted by molar-refractivity contribution is 5.73. The maximum atomic E-state index is 11.5. The second-order valence-corrected chi connectivity index (χ2v) is 10.9. The van der Waals surface area contributed by atoms with E-state index in [1.807, 2.05) is 13.0 Å². The lowest BCUT2D eigenvalue weighted by molar-refractivity contribution is -0.105. The van der Waals surface area contributed by atoms with Crippen molar-refractivity contribution >= 4 is 6.29 Å². The summed E-state index contributed by atoms with van der Waals surface area (Å²) < 4.78 is 0. The quantitative estimate of drug-likeness (QED) is 0.171. The molecule has 0 aromatic carbocycles. The van der Waals surface area contributed by atoms with Crippen LogP contribution in [0.5, 0.6) is 0 Å². The Morgan fingerprint density at radius 1 is 1.12 bits per heavy atom. The zero-order chi connectivity index (χ0) is 25.0. The van der Waals surface area contributed by atoms with E-state index < -0.39 is 6.10 Å². The summed E-state index contributed by atoms with van der Waals surface area (Å²) in [5, 5.41) is 20.0. The van der Waals surface area contributed by atoms with E-state index in [9.17, 15) is 15.0 Å². The van der Waals surface area contributed by atoms with Crippen LogP contribution in [0.2, 0.25) is 0 Å². The van der Waals surface area contributed by atoms with Crippen LogP contribution in [0.1, 0.15) is 106 Å². The minimum atomic E-state index is -0.431. The van der Waals surface area contributed by atoms with Crippen LogP contribution >= 0.6 is 0 Å². The fraction of sp³-hybridized carbons (Fsp3) is 0.700. The normalized spacial score (nSPS) is 26.7. The van der Waals surface area contributed by atoms with Crippen LogP contribution in [0.3, 0.4) is 0 Å². The topological polar surface area (TPSA) is 57.5 Å². The summed E-state index contributed by atoms with van der Waals surface area (Å²) in [6.45, 7) is 15.3. The van der Waals surface area contributed by atoms with E-state index in [2.05, 4.69) is 53.7 Å². The van der Waals surface area contributed by atoms with E-state index in [0.29, 0.717) is 18.3 Å². The monoisotopic (exact) mass is 458 g/mol. The Balaban J connectivity index is 2.81. The summed E-state index contributed by atoms with van der Waals surface area (Å²) in [5.74, 6) is 0.930. The fourth-order valence-corrected chi connectivity index (χ4v) is 5.49. The number of allylic oxidation sites excluding steroid dienone is 6. The molecule has 188 valence electrons. The van der Waals surface area contributed by atoms with E-state index in [1.165, 1.54) is 22.3 Å². The molecule has 4 atom stereocenters. The molecule has 0 radical (unpaired) electrons. The van der Waals surface area contributed by atoms with Gasteiger partial charge in [0.15, 0.2) is 0 Å². The second kappa shape index (κ2) is 14.7. The molecule has 33 heavy (non-hydrogen) atoms. The maximum Gasteiger partial charge on any atom is 0.145 e. The molecule has 0 bridgehead atoms. The van der Waals surface area contributed by atoms with E-state index in [4.69, 9.17) is 0 Å². The molecule has 1 saturated carbocycles.